The van der Waals surface area contributed by atoms with E-state index in [1.54, 1.807) is 22.9 Å². The molecular weight excluding hydrogens is 310 g/mol. The second kappa shape index (κ2) is 5.44. The zero-order valence-electron chi connectivity index (χ0n) is 10.6. The van der Waals surface area contributed by atoms with Crippen molar-refractivity contribution >= 4 is 27.5 Å². The molecule has 2 aromatic rings. The van der Waals surface area contributed by atoms with Gasteiger partial charge in [0.1, 0.15) is 12.3 Å². The van der Waals surface area contributed by atoms with Crippen LogP contribution in [0.4, 0.5) is 5.69 Å². The molecule has 0 atom stereocenters. The number of nitrogens with one attached hydrogen (secondary N) is 1. The van der Waals surface area contributed by atoms with Crippen molar-refractivity contribution in [3.8, 4) is 5.75 Å². The summed E-state index contributed by atoms with van der Waals surface area (Å²) in [5, 5.41) is 16.3. The third-order valence-corrected chi connectivity index (χ3v) is 3.86. The lowest BCUT2D eigenvalue weighted by molar-refractivity contribution is -0.116. The molecular formula is C13H14BrN3O2. The smallest absolute Gasteiger partial charge is 0.246 e. The van der Waals surface area contributed by atoms with Gasteiger partial charge in [-0.3, -0.25) is 9.48 Å². The Hall–Kier alpha value is -1.82. The molecule has 1 aromatic heterocycles. The molecule has 1 amide bonds. The van der Waals surface area contributed by atoms with E-state index in [2.05, 4.69) is 26.3 Å². The zero-order chi connectivity index (χ0) is 14.0. The number of phenolic OH excluding ortho intramolecular Hbond substituents is 1. The fraction of sp³-hybridized carbons (Fsp3) is 0.231. The van der Waals surface area contributed by atoms with Crippen molar-refractivity contribution in [3.63, 3.8) is 0 Å². The summed E-state index contributed by atoms with van der Waals surface area (Å²) in [6.07, 6.45) is 0. The molecule has 0 saturated heterocycles. The van der Waals surface area contributed by atoms with Crippen LogP contribution in [0.2, 0.25) is 0 Å². The maximum Gasteiger partial charge on any atom is 0.246 e. The molecule has 0 saturated carbocycles. The molecule has 0 aliphatic rings. The minimum absolute atomic E-state index is 0.117. The first-order valence-electron chi connectivity index (χ1n) is 5.76. The molecule has 1 aromatic carbocycles. The van der Waals surface area contributed by atoms with Crippen LogP contribution in [0.25, 0.3) is 0 Å². The highest BCUT2D eigenvalue weighted by Crippen LogP contribution is 2.20. The van der Waals surface area contributed by atoms with E-state index < -0.39 is 0 Å². The van der Waals surface area contributed by atoms with Crippen molar-refractivity contribution < 1.29 is 9.90 Å². The highest BCUT2D eigenvalue weighted by Gasteiger charge is 2.11. The average Bonchev–Trinajstić information content (AvgIpc) is 2.57. The fourth-order valence-electron chi connectivity index (χ4n) is 1.75. The van der Waals surface area contributed by atoms with Crippen molar-refractivity contribution in [2.45, 2.75) is 20.4 Å². The number of carbonyl (C=O) groups excluding carboxylic acids is 1. The molecule has 0 fully saturated rings. The van der Waals surface area contributed by atoms with Crippen LogP contribution in [0.5, 0.6) is 5.75 Å². The van der Waals surface area contributed by atoms with E-state index in [9.17, 15) is 9.90 Å². The number of nitrogens with zero attached hydrogens (tertiary/aromatic N) is 2. The average molecular weight is 324 g/mol. The van der Waals surface area contributed by atoms with E-state index in [1.165, 1.54) is 6.07 Å². The van der Waals surface area contributed by atoms with E-state index in [1.807, 2.05) is 13.8 Å². The number of anilines is 1. The Balaban J connectivity index is 2.07. The maximum atomic E-state index is 11.9. The highest BCUT2D eigenvalue weighted by atomic mass is 79.9. The molecule has 2 rings (SSSR count). The molecule has 0 bridgehead atoms. The predicted molar refractivity (Wildman–Crippen MR) is 76.1 cm³/mol. The Kier molecular flexibility index (Phi) is 3.90. The van der Waals surface area contributed by atoms with Gasteiger partial charge in [0.05, 0.1) is 15.9 Å². The lowest BCUT2D eigenvalue weighted by Gasteiger charge is -2.07. The minimum atomic E-state index is -0.191. The fourth-order valence-corrected chi connectivity index (χ4v) is 2.03. The summed E-state index contributed by atoms with van der Waals surface area (Å²) in [4.78, 5) is 11.9. The topological polar surface area (TPSA) is 67.2 Å². The maximum absolute atomic E-state index is 11.9. The van der Waals surface area contributed by atoms with Gasteiger partial charge in [-0.25, -0.2) is 0 Å². The third kappa shape index (κ3) is 3.14. The normalized spacial score (nSPS) is 10.5. The first kappa shape index (κ1) is 13.6. The van der Waals surface area contributed by atoms with Crippen LogP contribution in [0.15, 0.2) is 28.7 Å². The quantitative estimate of drug-likeness (QED) is 0.912. The van der Waals surface area contributed by atoms with Gasteiger partial charge in [0.15, 0.2) is 0 Å². The molecule has 6 heteroatoms. The molecule has 0 unspecified atom stereocenters. The Morgan fingerprint density at radius 1 is 1.47 bits per heavy atom. The standard InChI is InChI=1S/C13H14BrN3O2/c1-8-13(14)9(2)17(16-8)7-12(19)15-10-4-3-5-11(18)6-10/h3-6,18H,7H2,1-2H3,(H,15,19). The Bertz CT molecular complexity index is 622. The second-order valence-electron chi connectivity index (χ2n) is 4.24. The van der Waals surface area contributed by atoms with Gasteiger partial charge < -0.3 is 10.4 Å². The van der Waals surface area contributed by atoms with Gasteiger partial charge in [0.25, 0.3) is 0 Å². The van der Waals surface area contributed by atoms with Crippen LogP contribution >= 0.6 is 15.9 Å². The monoisotopic (exact) mass is 323 g/mol. The van der Waals surface area contributed by atoms with E-state index in [0.717, 1.165) is 15.9 Å². The van der Waals surface area contributed by atoms with E-state index in [-0.39, 0.29) is 18.2 Å². The molecule has 0 radical (unpaired) electrons. The number of halogens is 1. The minimum Gasteiger partial charge on any atom is -0.508 e. The molecule has 100 valence electrons. The lowest BCUT2D eigenvalue weighted by Crippen LogP contribution is -2.20. The molecule has 5 nitrogen and oxygen atoms in total. The van der Waals surface area contributed by atoms with E-state index in [0.29, 0.717) is 5.69 Å². The van der Waals surface area contributed by atoms with Gasteiger partial charge in [-0.05, 0) is 41.9 Å². The Morgan fingerprint density at radius 3 is 2.79 bits per heavy atom. The number of carbonyl (C=O) groups is 1. The lowest BCUT2D eigenvalue weighted by atomic mass is 10.3. The zero-order valence-corrected chi connectivity index (χ0v) is 12.2. The van der Waals surface area contributed by atoms with Gasteiger partial charge >= 0.3 is 0 Å². The number of hydrogen-bond donors (Lipinski definition) is 2. The van der Waals surface area contributed by atoms with Crippen LogP contribution < -0.4 is 5.32 Å². The number of aromatic hydroxyl groups is 1. The number of aryl methyl sites for hydroxylation is 1. The number of amides is 1. The van der Waals surface area contributed by atoms with E-state index >= 15 is 0 Å². The summed E-state index contributed by atoms with van der Waals surface area (Å²) in [5.41, 5.74) is 2.32. The van der Waals surface area contributed by atoms with Gasteiger partial charge in [0.2, 0.25) is 5.91 Å². The summed E-state index contributed by atoms with van der Waals surface area (Å²) in [6, 6.07) is 6.43. The first-order valence-corrected chi connectivity index (χ1v) is 6.55. The van der Waals surface area contributed by atoms with Crippen molar-refractivity contribution in [1.82, 2.24) is 9.78 Å². The van der Waals surface area contributed by atoms with Crippen LogP contribution in [-0.4, -0.2) is 20.8 Å². The van der Waals surface area contributed by atoms with Crippen molar-refractivity contribution in [3.05, 3.63) is 40.1 Å². The number of benzene rings is 1. The molecule has 0 aliphatic heterocycles. The van der Waals surface area contributed by atoms with Crippen LogP contribution in [0.1, 0.15) is 11.4 Å². The molecule has 1 heterocycles. The SMILES string of the molecule is Cc1nn(CC(=O)Nc2cccc(O)c2)c(C)c1Br. The van der Waals surface area contributed by atoms with Crippen molar-refractivity contribution in [2.75, 3.05) is 5.32 Å². The first-order chi connectivity index (χ1) is 8.97. The summed E-state index contributed by atoms with van der Waals surface area (Å²) in [7, 11) is 0. The molecule has 2 N–H and O–H groups in total. The van der Waals surface area contributed by atoms with Crippen LogP contribution in [0.3, 0.4) is 0 Å². The Labute approximate surface area is 119 Å². The molecule has 19 heavy (non-hydrogen) atoms. The van der Waals surface area contributed by atoms with E-state index in [4.69, 9.17) is 0 Å². The summed E-state index contributed by atoms with van der Waals surface area (Å²) in [6.45, 7) is 3.90. The van der Waals surface area contributed by atoms with Gasteiger partial charge in [-0.1, -0.05) is 6.07 Å². The third-order valence-electron chi connectivity index (χ3n) is 2.72. The molecule has 0 spiro atoms. The van der Waals surface area contributed by atoms with Crippen LogP contribution in [0, 0.1) is 13.8 Å². The van der Waals surface area contributed by atoms with Gasteiger partial charge in [-0.15, -0.1) is 0 Å². The largest absolute Gasteiger partial charge is 0.508 e. The van der Waals surface area contributed by atoms with Crippen molar-refractivity contribution in [1.29, 1.82) is 0 Å². The van der Waals surface area contributed by atoms with Crippen LogP contribution in [-0.2, 0) is 11.3 Å². The van der Waals surface area contributed by atoms with Crippen molar-refractivity contribution in [2.24, 2.45) is 0 Å². The predicted octanol–water partition coefficient (Wildman–Crippen LogP) is 2.61. The highest BCUT2D eigenvalue weighted by molar-refractivity contribution is 9.10. The second-order valence-corrected chi connectivity index (χ2v) is 5.03. The molecule has 0 aliphatic carbocycles. The van der Waals surface area contributed by atoms with Gasteiger partial charge in [0, 0.05) is 11.8 Å². The Morgan fingerprint density at radius 2 is 2.21 bits per heavy atom. The number of phenols is 1. The summed E-state index contributed by atoms with van der Waals surface area (Å²) < 4.78 is 2.55. The van der Waals surface area contributed by atoms with Gasteiger partial charge in [-0.2, -0.15) is 5.10 Å². The number of aromatic nitrogens is 2. The number of hydrogen-bond acceptors (Lipinski definition) is 3. The number of rotatable bonds is 3. The summed E-state index contributed by atoms with van der Waals surface area (Å²) >= 11 is 3.42. The summed E-state index contributed by atoms with van der Waals surface area (Å²) in [5.74, 6) is -0.0737.